The maximum Gasteiger partial charge on any atom is 0.111 e. The summed E-state index contributed by atoms with van der Waals surface area (Å²) in [6.07, 6.45) is -7.10. The number of aliphatic hydroxyl groups excluding tert-OH is 8. The molecule has 11 heteroatoms. The maximum atomic E-state index is 9.04. The summed E-state index contributed by atoms with van der Waals surface area (Å²) in [5.74, 6) is 0. The van der Waals surface area contributed by atoms with Gasteiger partial charge in [-0.1, -0.05) is 0 Å². The van der Waals surface area contributed by atoms with Crippen LogP contribution in [0.5, 0.6) is 0 Å². The number of rotatable bonds is 15. The van der Waals surface area contributed by atoms with Crippen molar-refractivity contribution < 1.29 is 55.1 Å². The molecule has 0 aliphatic carbocycles. The smallest absolute Gasteiger partial charge is 0.111 e. The molecule has 0 bridgehead atoms. The van der Waals surface area contributed by atoms with Crippen LogP contribution in [0.1, 0.15) is 27.7 Å². The second kappa shape index (κ2) is 18.3. The van der Waals surface area contributed by atoms with Gasteiger partial charge in [-0.05, 0) is 27.7 Å². The van der Waals surface area contributed by atoms with Gasteiger partial charge in [-0.2, -0.15) is 0 Å². The molecule has 0 heterocycles. The molecule has 0 fully saturated rings. The lowest BCUT2D eigenvalue weighted by Gasteiger charge is -2.24. The van der Waals surface area contributed by atoms with Crippen molar-refractivity contribution in [2.45, 2.75) is 76.5 Å². The van der Waals surface area contributed by atoms with E-state index in [-0.39, 0.29) is 24.9 Å². The lowest BCUT2D eigenvalue weighted by atomic mass is 10.0. The molecule has 0 aromatic rings. The van der Waals surface area contributed by atoms with Crippen LogP contribution in [0.4, 0.5) is 0 Å². The Balaban J connectivity index is 0. The minimum absolute atomic E-state index is 0.0145. The molecule has 0 aliphatic heterocycles. The summed E-state index contributed by atoms with van der Waals surface area (Å²) in [5.41, 5.74) is 0. The van der Waals surface area contributed by atoms with Crippen LogP contribution in [-0.4, -0.2) is 129 Å². The minimum atomic E-state index is -1.67. The van der Waals surface area contributed by atoms with E-state index >= 15 is 0 Å². The Hall–Kier alpha value is -0.440. The van der Waals surface area contributed by atoms with Gasteiger partial charge in [0.25, 0.3) is 0 Å². The number of ether oxygens (including phenoxy) is 3. The summed E-state index contributed by atoms with van der Waals surface area (Å²) in [5, 5.41) is 70.0. The van der Waals surface area contributed by atoms with Crippen molar-refractivity contribution in [3.05, 3.63) is 0 Å². The molecule has 0 aliphatic rings. The highest BCUT2D eigenvalue weighted by molar-refractivity contribution is 4.79. The average molecular weight is 433 g/mol. The fourth-order valence-electron chi connectivity index (χ4n) is 1.72. The van der Waals surface area contributed by atoms with Gasteiger partial charge in [-0.25, -0.2) is 0 Å². The molecular formula is C18H40O11. The summed E-state index contributed by atoms with van der Waals surface area (Å²) in [6.45, 7) is 7.08. The Morgan fingerprint density at radius 3 is 1.17 bits per heavy atom. The normalized spacial score (nSPS) is 19.9. The highest BCUT2D eigenvalue weighted by atomic mass is 16.6. The summed E-state index contributed by atoms with van der Waals surface area (Å²) in [7, 11) is 0. The van der Waals surface area contributed by atoms with E-state index in [0.29, 0.717) is 19.8 Å². The number of hydrogen-bond donors (Lipinski definition) is 8. The summed E-state index contributed by atoms with van der Waals surface area (Å²) in [6, 6.07) is 0. The van der Waals surface area contributed by atoms with E-state index in [1.807, 2.05) is 13.8 Å². The Morgan fingerprint density at radius 1 is 0.517 bits per heavy atom. The molecule has 178 valence electrons. The van der Waals surface area contributed by atoms with E-state index in [0.717, 1.165) is 0 Å². The summed E-state index contributed by atoms with van der Waals surface area (Å²) in [4.78, 5) is 0. The van der Waals surface area contributed by atoms with Crippen LogP contribution in [0.25, 0.3) is 0 Å². The maximum absolute atomic E-state index is 9.04. The molecule has 0 spiro atoms. The second-order valence-electron chi connectivity index (χ2n) is 6.94. The van der Waals surface area contributed by atoms with E-state index in [4.69, 9.17) is 55.1 Å². The lowest BCUT2D eigenvalue weighted by Crippen LogP contribution is -2.46. The minimum Gasteiger partial charge on any atom is -0.394 e. The van der Waals surface area contributed by atoms with E-state index in [2.05, 4.69) is 0 Å². The first-order valence-electron chi connectivity index (χ1n) is 9.57. The van der Waals surface area contributed by atoms with Crippen molar-refractivity contribution in [2.75, 3.05) is 39.6 Å². The van der Waals surface area contributed by atoms with Gasteiger partial charge in [0.2, 0.25) is 0 Å². The van der Waals surface area contributed by atoms with Gasteiger partial charge in [-0.15, -0.1) is 0 Å². The van der Waals surface area contributed by atoms with Crippen molar-refractivity contribution in [1.82, 2.24) is 0 Å². The topological polar surface area (TPSA) is 190 Å². The van der Waals surface area contributed by atoms with Gasteiger partial charge in [0.1, 0.15) is 24.4 Å². The summed E-state index contributed by atoms with van der Waals surface area (Å²) >= 11 is 0. The van der Waals surface area contributed by atoms with Gasteiger partial charge in [-0.3, -0.25) is 0 Å². The van der Waals surface area contributed by atoms with Crippen molar-refractivity contribution in [2.24, 2.45) is 0 Å². The van der Waals surface area contributed by atoms with Crippen LogP contribution in [0.15, 0.2) is 0 Å². The molecule has 0 saturated heterocycles. The predicted octanol–water partition coefficient (Wildman–Crippen LogP) is -3.01. The lowest BCUT2D eigenvalue weighted by molar-refractivity contribution is -0.123. The molecule has 0 aromatic carbocycles. The monoisotopic (exact) mass is 432 g/mol. The fraction of sp³-hybridized carbons (Fsp3) is 1.00. The number of aliphatic hydroxyl groups is 8. The molecule has 8 atom stereocenters. The molecule has 0 saturated carbocycles. The van der Waals surface area contributed by atoms with Crippen molar-refractivity contribution in [3.8, 4) is 0 Å². The molecule has 0 amide bonds. The zero-order valence-corrected chi connectivity index (χ0v) is 17.7. The van der Waals surface area contributed by atoms with Crippen molar-refractivity contribution in [1.29, 1.82) is 0 Å². The van der Waals surface area contributed by atoms with E-state index in [1.165, 1.54) is 0 Å². The van der Waals surface area contributed by atoms with E-state index in [9.17, 15) is 0 Å². The first kappa shape index (κ1) is 30.8. The van der Waals surface area contributed by atoms with Gasteiger partial charge >= 0.3 is 0 Å². The Kier molecular flexibility index (Phi) is 19.4. The van der Waals surface area contributed by atoms with Crippen LogP contribution in [-0.2, 0) is 14.2 Å². The highest BCUT2D eigenvalue weighted by Crippen LogP contribution is 2.04. The fourth-order valence-corrected chi connectivity index (χ4v) is 1.72. The van der Waals surface area contributed by atoms with Gasteiger partial charge in [0.15, 0.2) is 0 Å². The third kappa shape index (κ3) is 17.0. The summed E-state index contributed by atoms with van der Waals surface area (Å²) < 4.78 is 16.2. The van der Waals surface area contributed by atoms with Crippen LogP contribution in [0.3, 0.4) is 0 Å². The van der Waals surface area contributed by atoms with Crippen LogP contribution in [0, 0.1) is 0 Å². The van der Waals surface area contributed by atoms with Crippen molar-refractivity contribution >= 4 is 0 Å². The average Bonchev–Trinajstić information content (AvgIpc) is 2.72. The zero-order chi connectivity index (χ0) is 23.0. The first-order chi connectivity index (χ1) is 13.5. The van der Waals surface area contributed by atoms with Gasteiger partial charge in [0.05, 0.1) is 64.1 Å². The third-order valence-electron chi connectivity index (χ3n) is 3.62. The molecule has 8 N–H and O–H groups in total. The SMILES string of the molecule is CC(O)COC(C)COC(C)COC(C)CO.OCC(O)C(O)C(O)C(O)CO. The quantitative estimate of drug-likeness (QED) is 0.131. The van der Waals surface area contributed by atoms with Crippen LogP contribution >= 0.6 is 0 Å². The Labute approximate surface area is 172 Å². The highest BCUT2D eigenvalue weighted by Gasteiger charge is 2.29. The first-order valence-corrected chi connectivity index (χ1v) is 9.57. The van der Waals surface area contributed by atoms with E-state index < -0.39 is 43.7 Å². The van der Waals surface area contributed by atoms with E-state index in [1.54, 1.807) is 13.8 Å². The Morgan fingerprint density at radius 2 is 0.862 bits per heavy atom. The molecule has 29 heavy (non-hydrogen) atoms. The standard InChI is InChI=1S/C12H26O5.C6H14O6/c1-9(14)6-15-11(3)8-17-12(4)7-16-10(2)5-13;7-1-3(9)5(11)6(12)4(10)2-8/h9-14H,5-8H2,1-4H3;3-12H,1-2H2. The molecule has 8 unspecified atom stereocenters. The van der Waals surface area contributed by atoms with Crippen LogP contribution < -0.4 is 0 Å². The molecule has 0 radical (unpaired) electrons. The van der Waals surface area contributed by atoms with Gasteiger partial charge in [0, 0.05) is 0 Å². The molecule has 0 aromatic heterocycles. The largest absolute Gasteiger partial charge is 0.394 e. The molecule has 0 rings (SSSR count). The van der Waals surface area contributed by atoms with Gasteiger partial charge < -0.3 is 55.1 Å². The predicted molar refractivity (Wildman–Crippen MR) is 103 cm³/mol. The van der Waals surface area contributed by atoms with Crippen molar-refractivity contribution in [3.63, 3.8) is 0 Å². The Bertz CT molecular complexity index is 345. The number of hydrogen-bond acceptors (Lipinski definition) is 11. The molecule has 11 nitrogen and oxygen atoms in total. The second-order valence-corrected chi connectivity index (χ2v) is 6.94. The molecular weight excluding hydrogens is 392 g/mol. The van der Waals surface area contributed by atoms with Crippen LogP contribution in [0.2, 0.25) is 0 Å². The third-order valence-corrected chi connectivity index (χ3v) is 3.62. The zero-order valence-electron chi connectivity index (χ0n) is 17.7.